The fraction of sp³-hybridized carbons (Fsp3) is 0.259. The molecule has 0 aliphatic rings. The Morgan fingerprint density at radius 3 is 2.56 bits per heavy atom. The number of hydrogen-bond donors (Lipinski definition) is 1. The van der Waals surface area contributed by atoms with Crippen LogP contribution in [-0.2, 0) is 4.79 Å². The maximum atomic E-state index is 13.5. The number of carbonyl (C=O) groups excluding carboxylic acids is 1. The molecule has 0 fully saturated rings. The number of thioether (sulfide) groups is 1. The van der Waals surface area contributed by atoms with E-state index in [1.165, 1.54) is 16.3 Å². The number of anilines is 1. The van der Waals surface area contributed by atoms with Gasteiger partial charge in [-0.05, 0) is 61.6 Å². The maximum absolute atomic E-state index is 13.5. The third kappa shape index (κ3) is 4.75. The maximum Gasteiger partial charge on any atom is 0.267 e. The Morgan fingerprint density at radius 2 is 1.79 bits per heavy atom. The summed E-state index contributed by atoms with van der Waals surface area (Å²) in [5, 5.41) is 3.53. The van der Waals surface area contributed by atoms with Crippen LogP contribution in [0.4, 0.5) is 5.69 Å². The molecule has 0 bridgehead atoms. The Balaban J connectivity index is 1.71. The van der Waals surface area contributed by atoms with E-state index in [4.69, 9.17) is 4.98 Å². The van der Waals surface area contributed by atoms with Crippen LogP contribution in [0, 0.1) is 6.92 Å². The SMILES string of the molecule is CCC(C)c1ccccc1NC(=O)C(C)Sc1nc2ccccc2c(=O)n1-c1ncccc1C. The van der Waals surface area contributed by atoms with Crippen LogP contribution in [0.5, 0.6) is 0 Å². The zero-order valence-electron chi connectivity index (χ0n) is 19.8. The number of rotatable bonds is 7. The molecule has 7 heteroatoms. The lowest BCUT2D eigenvalue weighted by atomic mass is 9.97. The van der Waals surface area contributed by atoms with Gasteiger partial charge in [0.05, 0.1) is 16.2 Å². The number of nitrogens with one attached hydrogen (secondary N) is 1. The van der Waals surface area contributed by atoms with E-state index in [0.29, 0.717) is 27.8 Å². The van der Waals surface area contributed by atoms with E-state index >= 15 is 0 Å². The second-order valence-electron chi connectivity index (χ2n) is 8.34. The summed E-state index contributed by atoms with van der Waals surface area (Å²) < 4.78 is 1.51. The monoisotopic (exact) mass is 472 g/mol. The summed E-state index contributed by atoms with van der Waals surface area (Å²) in [5.41, 5.74) is 3.17. The van der Waals surface area contributed by atoms with Crippen molar-refractivity contribution in [2.75, 3.05) is 5.32 Å². The summed E-state index contributed by atoms with van der Waals surface area (Å²) in [6.45, 7) is 8.01. The van der Waals surface area contributed by atoms with Crippen LogP contribution in [0.2, 0.25) is 0 Å². The molecule has 2 aromatic heterocycles. The van der Waals surface area contributed by atoms with E-state index in [1.807, 2.05) is 68.4 Å². The summed E-state index contributed by atoms with van der Waals surface area (Å²) in [5.74, 6) is 0.703. The molecule has 0 radical (unpaired) electrons. The van der Waals surface area contributed by atoms with Crippen molar-refractivity contribution in [2.24, 2.45) is 0 Å². The quantitative estimate of drug-likeness (QED) is 0.275. The Labute approximate surface area is 203 Å². The van der Waals surface area contributed by atoms with Crippen molar-refractivity contribution in [3.05, 3.63) is 88.3 Å². The highest BCUT2D eigenvalue weighted by Gasteiger charge is 2.22. The molecule has 0 saturated heterocycles. The van der Waals surface area contributed by atoms with Crippen LogP contribution < -0.4 is 10.9 Å². The number of amides is 1. The molecule has 2 atom stereocenters. The highest BCUT2D eigenvalue weighted by atomic mass is 32.2. The van der Waals surface area contributed by atoms with Gasteiger partial charge < -0.3 is 5.32 Å². The first kappa shape index (κ1) is 23.7. The summed E-state index contributed by atoms with van der Waals surface area (Å²) >= 11 is 1.25. The van der Waals surface area contributed by atoms with Crippen LogP contribution >= 0.6 is 11.8 Å². The van der Waals surface area contributed by atoms with Gasteiger partial charge in [-0.3, -0.25) is 9.59 Å². The van der Waals surface area contributed by atoms with Gasteiger partial charge in [0.1, 0.15) is 5.82 Å². The van der Waals surface area contributed by atoms with Crippen molar-refractivity contribution >= 4 is 34.3 Å². The molecule has 1 amide bonds. The molecule has 4 rings (SSSR count). The standard InChI is InChI=1S/C27H28N4O2S/c1-5-17(2)20-12-6-8-14-22(20)29-25(32)19(4)34-27-30-23-15-9-7-13-21(23)26(33)31(27)24-18(3)11-10-16-28-24/h6-17,19H,5H2,1-4H3,(H,29,32). The average molecular weight is 473 g/mol. The van der Waals surface area contributed by atoms with Gasteiger partial charge in [0.25, 0.3) is 5.56 Å². The second kappa shape index (κ2) is 10.2. The minimum absolute atomic E-state index is 0.146. The van der Waals surface area contributed by atoms with E-state index in [9.17, 15) is 9.59 Å². The van der Waals surface area contributed by atoms with Gasteiger partial charge in [0.15, 0.2) is 5.16 Å². The van der Waals surface area contributed by atoms with Gasteiger partial charge in [-0.2, -0.15) is 0 Å². The molecule has 34 heavy (non-hydrogen) atoms. The molecule has 174 valence electrons. The van der Waals surface area contributed by atoms with E-state index in [1.54, 1.807) is 12.3 Å². The number of aromatic nitrogens is 3. The van der Waals surface area contributed by atoms with Crippen LogP contribution in [0.15, 0.2) is 76.8 Å². The first-order valence-electron chi connectivity index (χ1n) is 11.4. The molecule has 4 aromatic rings. The minimum Gasteiger partial charge on any atom is -0.325 e. The number of benzene rings is 2. The van der Waals surface area contributed by atoms with Crippen molar-refractivity contribution < 1.29 is 4.79 Å². The molecule has 0 aliphatic carbocycles. The Morgan fingerprint density at radius 1 is 1.06 bits per heavy atom. The number of hydrogen-bond acceptors (Lipinski definition) is 5. The van der Waals surface area contributed by atoms with E-state index in [0.717, 1.165) is 23.2 Å². The molecule has 2 heterocycles. The van der Waals surface area contributed by atoms with E-state index < -0.39 is 5.25 Å². The molecule has 0 saturated carbocycles. The van der Waals surface area contributed by atoms with Gasteiger partial charge in [0.2, 0.25) is 5.91 Å². The van der Waals surface area contributed by atoms with Crippen LogP contribution in [-0.4, -0.2) is 25.7 Å². The van der Waals surface area contributed by atoms with Crippen molar-refractivity contribution in [1.29, 1.82) is 0 Å². The van der Waals surface area contributed by atoms with E-state index in [2.05, 4.69) is 24.1 Å². The summed E-state index contributed by atoms with van der Waals surface area (Å²) in [4.78, 5) is 35.8. The molecule has 6 nitrogen and oxygen atoms in total. The molecular formula is C27H28N4O2S. The molecule has 0 spiro atoms. The topological polar surface area (TPSA) is 76.9 Å². The Bertz CT molecular complexity index is 1400. The first-order valence-corrected chi connectivity index (χ1v) is 12.3. The van der Waals surface area contributed by atoms with E-state index in [-0.39, 0.29) is 11.5 Å². The van der Waals surface area contributed by atoms with Gasteiger partial charge in [0, 0.05) is 11.9 Å². The molecule has 0 aliphatic heterocycles. The smallest absolute Gasteiger partial charge is 0.267 e. The Hall–Kier alpha value is -3.45. The number of pyridine rings is 1. The minimum atomic E-state index is -0.492. The highest BCUT2D eigenvalue weighted by Crippen LogP contribution is 2.29. The fourth-order valence-electron chi connectivity index (χ4n) is 3.80. The number of nitrogens with zero attached hydrogens (tertiary/aromatic N) is 3. The fourth-order valence-corrected chi connectivity index (χ4v) is 4.70. The molecule has 2 aromatic carbocycles. The lowest BCUT2D eigenvalue weighted by Crippen LogP contribution is -2.27. The van der Waals surface area contributed by atoms with Gasteiger partial charge in [-0.15, -0.1) is 0 Å². The van der Waals surface area contributed by atoms with Gasteiger partial charge >= 0.3 is 0 Å². The number of fused-ring (bicyclic) bond motifs is 1. The molecule has 2 unspecified atom stereocenters. The van der Waals surface area contributed by atoms with Crippen LogP contribution in [0.3, 0.4) is 0 Å². The largest absolute Gasteiger partial charge is 0.325 e. The molecule has 1 N–H and O–H groups in total. The van der Waals surface area contributed by atoms with Crippen molar-refractivity contribution in [3.63, 3.8) is 0 Å². The lowest BCUT2D eigenvalue weighted by molar-refractivity contribution is -0.115. The Kier molecular flexibility index (Phi) is 7.12. The predicted molar refractivity (Wildman–Crippen MR) is 139 cm³/mol. The first-order chi connectivity index (χ1) is 16.4. The molecular weight excluding hydrogens is 444 g/mol. The average Bonchev–Trinajstić information content (AvgIpc) is 2.85. The number of para-hydroxylation sites is 2. The van der Waals surface area contributed by atoms with Crippen molar-refractivity contribution in [3.8, 4) is 5.82 Å². The third-order valence-corrected chi connectivity index (χ3v) is 7.00. The zero-order chi connectivity index (χ0) is 24.2. The zero-order valence-corrected chi connectivity index (χ0v) is 20.6. The normalized spacial score (nSPS) is 12.9. The number of aryl methyl sites for hydroxylation is 1. The summed E-state index contributed by atoms with van der Waals surface area (Å²) in [6, 6.07) is 18.9. The van der Waals surface area contributed by atoms with Crippen LogP contribution in [0.1, 0.15) is 44.2 Å². The lowest BCUT2D eigenvalue weighted by Gasteiger charge is -2.19. The second-order valence-corrected chi connectivity index (χ2v) is 9.65. The third-order valence-electron chi connectivity index (χ3n) is 5.95. The summed E-state index contributed by atoms with van der Waals surface area (Å²) in [7, 11) is 0. The van der Waals surface area contributed by atoms with Crippen molar-refractivity contribution in [2.45, 2.75) is 50.4 Å². The van der Waals surface area contributed by atoms with Gasteiger partial charge in [-0.25, -0.2) is 14.5 Å². The summed E-state index contributed by atoms with van der Waals surface area (Å²) in [6.07, 6.45) is 2.63. The van der Waals surface area contributed by atoms with Crippen molar-refractivity contribution in [1.82, 2.24) is 14.5 Å². The number of carbonyl (C=O) groups is 1. The van der Waals surface area contributed by atoms with Gasteiger partial charge in [-0.1, -0.05) is 62.0 Å². The van der Waals surface area contributed by atoms with Crippen LogP contribution in [0.25, 0.3) is 16.7 Å². The predicted octanol–water partition coefficient (Wildman–Crippen LogP) is 5.72. The highest BCUT2D eigenvalue weighted by molar-refractivity contribution is 8.00.